The molecule has 4 N–H and O–H groups in total. The molecule has 1 unspecified atom stereocenters. The van der Waals surface area contributed by atoms with Gasteiger partial charge in [0.05, 0.1) is 11.9 Å². The largest absolute Gasteiger partial charge is 0.409 e. The summed E-state index contributed by atoms with van der Waals surface area (Å²) in [4.78, 5) is 0.140. The molecule has 0 saturated carbocycles. The van der Waals surface area contributed by atoms with Crippen LogP contribution in [-0.4, -0.2) is 47.1 Å². The van der Waals surface area contributed by atoms with Gasteiger partial charge in [-0.3, -0.25) is 5.10 Å². The van der Waals surface area contributed by atoms with Gasteiger partial charge in [-0.25, -0.2) is 8.42 Å². The molecule has 108 valence electrons. The van der Waals surface area contributed by atoms with Crippen molar-refractivity contribution in [2.45, 2.75) is 25.7 Å². The molecule has 1 aromatic rings. The Hall–Kier alpha value is -1.61. The van der Waals surface area contributed by atoms with Crippen LogP contribution < -0.4 is 5.73 Å². The summed E-state index contributed by atoms with van der Waals surface area (Å²) < 4.78 is 26.1. The van der Waals surface area contributed by atoms with E-state index in [-0.39, 0.29) is 29.7 Å². The van der Waals surface area contributed by atoms with Crippen LogP contribution in [0.15, 0.2) is 16.2 Å². The monoisotopic (exact) mass is 289 g/mol. The highest BCUT2D eigenvalue weighted by Gasteiger charge is 2.28. The number of nitrogens with two attached hydrogens (primary N) is 1. The van der Waals surface area contributed by atoms with Crippen molar-refractivity contribution in [2.75, 3.05) is 13.1 Å². The normalized spacial score (nSPS) is 14.8. The van der Waals surface area contributed by atoms with Gasteiger partial charge in [-0.15, -0.1) is 0 Å². The number of hydrogen-bond donors (Lipinski definition) is 3. The Morgan fingerprint density at radius 1 is 1.68 bits per heavy atom. The molecule has 0 saturated heterocycles. The molecular formula is C10H19N5O3S. The first-order valence-corrected chi connectivity index (χ1v) is 7.26. The summed E-state index contributed by atoms with van der Waals surface area (Å²) in [5.41, 5.74) is 5.95. The lowest BCUT2D eigenvalue weighted by Crippen LogP contribution is -2.38. The van der Waals surface area contributed by atoms with Gasteiger partial charge >= 0.3 is 0 Å². The molecule has 1 heterocycles. The summed E-state index contributed by atoms with van der Waals surface area (Å²) in [5.74, 6) is -0.385. The number of H-pyrrole nitrogens is 1. The third-order valence-corrected chi connectivity index (χ3v) is 4.91. The van der Waals surface area contributed by atoms with Crippen molar-refractivity contribution in [1.29, 1.82) is 0 Å². The number of aryl methyl sites for hydroxylation is 1. The Morgan fingerprint density at radius 2 is 2.32 bits per heavy atom. The molecule has 19 heavy (non-hydrogen) atoms. The van der Waals surface area contributed by atoms with Crippen LogP contribution in [0.25, 0.3) is 0 Å². The number of amidine groups is 1. The maximum Gasteiger partial charge on any atom is 0.246 e. The van der Waals surface area contributed by atoms with Gasteiger partial charge in [0.25, 0.3) is 0 Å². The van der Waals surface area contributed by atoms with E-state index < -0.39 is 10.0 Å². The molecule has 0 spiro atoms. The van der Waals surface area contributed by atoms with E-state index in [1.54, 1.807) is 20.8 Å². The van der Waals surface area contributed by atoms with Gasteiger partial charge in [-0.1, -0.05) is 19.0 Å². The standard InChI is InChI=1S/C10H19N5O3S/c1-4-15(6-7(2)10(11)14-16)19(17,18)9-5-12-13-8(9)3/h5,7,16H,4,6H2,1-3H3,(H2,11,14)(H,12,13). The molecule has 1 aromatic heterocycles. The number of oxime groups is 1. The molecule has 0 aliphatic carbocycles. The average Bonchev–Trinajstić information content (AvgIpc) is 2.81. The Kier molecular flexibility index (Phi) is 4.90. The number of sulfonamides is 1. The molecule has 0 fully saturated rings. The zero-order valence-electron chi connectivity index (χ0n) is 11.2. The number of aromatic amines is 1. The highest BCUT2D eigenvalue weighted by molar-refractivity contribution is 7.89. The first-order chi connectivity index (χ1) is 8.84. The summed E-state index contributed by atoms with van der Waals surface area (Å²) in [6.45, 7) is 5.48. The molecular weight excluding hydrogens is 270 g/mol. The fourth-order valence-electron chi connectivity index (χ4n) is 1.63. The fraction of sp³-hybridized carbons (Fsp3) is 0.600. The third-order valence-electron chi connectivity index (χ3n) is 2.85. The molecule has 0 bridgehead atoms. The van der Waals surface area contributed by atoms with E-state index >= 15 is 0 Å². The number of aromatic nitrogens is 2. The Balaban J connectivity index is 3.01. The highest BCUT2D eigenvalue weighted by Crippen LogP contribution is 2.18. The number of nitrogens with one attached hydrogen (secondary N) is 1. The maximum absolute atomic E-state index is 12.4. The van der Waals surface area contributed by atoms with Gasteiger partial charge in [0.2, 0.25) is 10.0 Å². The van der Waals surface area contributed by atoms with Crippen LogP contribution >= 0.6 is 0 Å². The maximum atomic E-state index is 12.4. The van der Waals surface area contributed by atoms with Crippen LogP contribution in [0, 0.1) is 12.8 Å². The highest BCUT2D eigenvalue weighted by atomic mass is 32.2. The summed E-state index contributed by atoms with van der Waals surface area (Å²) in [6, 6.07) is 0. The zero-order valence-corrected chi connectivity index (χ0v) is 12.0. The van der Waals surface area contributed by atoms with Crippen LogP contribution in [0.2, 0.25) is 0 Å². The third kappa shape index (κ3) is 3.24. The van der Waals surface area contributed by atoms with Crippen molar-refractivity contribution in [3.8, 4) is 0 Å². The quantitative estimate of drug-likeness (QED) is 0.297. The van der Waals surface area contributed by atoms with Crippen molar-refractivity contribution >= 4 is 15.9 Å². The first kappa shape index (κ1) is 15.4. The molecule has 9 heteroatoms. The second-order valence-corrected chi connectivity index (χ2v) is 6.15. The molecule has 8 nitrogen and oxygen atoms in total. The molecule has 1 atom stereocenters. The van der Waals surface area contributed by atoms with Gasteiger partial charge < -0.3 is 10.9 Å². The van der Waals surface area contributed by atoms with Gasteiger partial charge in [0.1, 0.15) is 10.7 Å². The minimum atomic E-state index is -3.63. The molecule has 0 amide bonds. The van der Waals surface area contributed by atoms with Gasteiger partial charge in [-0.2, -0.15) is 9.40 Å². The molecule has 0 aliphatic heterocycles. The molecule has 0 aromatic carbocycles. The van der Waals surface area contributed by atoms with E-state index in [9.17, 15) is 8.42 Å². The summed E-state index contributed by atoms with van der Waals surface area (Å²) in [6.07, 6.45) is 1.28. The van der Waals surface area contributed by atoms with Gasteiger partial charge in [0, 0.05) is 19.0 Å². The van der Waals surface area contributed by atoms with Crippen molar-refractivity contribution in [1.82, 2.24) is 14.5 Å². The van der Waals surface area contributed by atoms with Crippen molar-refractivity contribution in [3.63, 3.8) is 0 Å². The lowest BCUT2D eigenvalue weighted by atomic mass is 10.1. The van der Waals surface area contributed by atoms with E-state index in [0.717, 1.165) is 0 Å². The van der Waals surface area contributed by atoms with Crippen molar-refractivity contribution in [2.24, 2.45) is 16.8 Å². The number of hydrogen-bond acceptors (Lipinski definition) is 5. The molecule has 0 radical (unpaired) electrons. The number of nitrogens with zero attached hydrogens (tertiary/aromatic N) is 3. The smallest absolute Gasteiger partial charge is 0.246 e. The molecule has 1 rings (SSSR count). The predicted molar refractivity (Wildman–Crippen MR) is 70.3 cm³/mol. The van der Waals surface area contributed by atoms with E-state index in [4.69, 9.17) is 10.9 Å². The Bertz CT molecular complexity index is 551. The summed E-state index contributed by atoms with van der Waals surface area (Å²) in [7, 11) is -3.63. The second kappa shape index (κ2) is 6.02. The van der Waals surface area contributed by atoms with Crippen molar-refractivity contribution < 1.29 is 13.6 Å². The Labute approximate surface area is 112 Å². The Morgan fingerprint density at radius 3 is 2.74 bits per heavy atom. The second-order valence-electron chi connectivity index (χ2n) is 4.24. The number of rotatable bonds is 6. The topological polar surface area (TPSA) is 125 Å². The van der Waals surface area contributed by atoms with E-state index in [1.165, 1.54) is 10.5 Å². The SMILES string of the molecule is CCN(CC(C)/C(N)=N/O)S(=O)(=O)c1cn[nH]c1C. The summed E-state index contributed by atoms with van der Waals surface area (Å²) in [5, 5.41) is 17.8. The summed E-state index contributed by atoms with van der Waals surface area (Å²) >= 11 is 0. The lowest BCUT2D eigenvalue weighted by Gasteiger charge is -2.23. The van der Waals surface area contributed by atoms with Crippen LogP contribution in [0.1, 0.15) is 19.5 Å². The first-order valence-electron chi connectivity index (χ1n) is 5.82. The van der Waals surface area contributed by atoms with E-state index in [2.05, 4.69) is 15.4 Å². The van der Waals surface area contributed by atoms with Crippen LogP contribution in [0.5, 0.6) is 0 Å². The van der Waals surface area contributed by atoms with Crippen LogP contribution in [0.4, 0.5) is 0 Å². The van der Waals surface area contributed by atoms with Crippen molar-refractivity contribution in [3.05, 3.63) is 11.9 Å². The minimum absolute atomic E-state index is 0.00225. The van der Waals surface area contributed by atoms with Gasteiger partial charge in [0.15, 0.2) is 0 Å². The van der Waals surface area contributed by atoms with Crippen LogP contribution in [0.3, 0.4) is 0 Å². The van der Waals surface area contributed by atoms with E-state index in [0.29, 0.717) is 5.69 Å². The van der Waals surface area contributed by atoms with E-state index in [1.807, 2.05) is 0 Å². The fourth-order valence-corrected chi connectivity index (χ4v) is 3.29. The lowest BCUT2D eigenvalue weighted by molar-refractivity contribution is 0.311. The molecule has 0 aliphatic rings. The van der Waals surface area contributed by atoms with Gasteiger partial charge in [-0.05, 0) is 6.92 Å². The predicted octanol–water partition coefficient (Wildman–Crippen LogP) is 0.111. The van der Waals surface area contributed by atoms with Crippen LogP contribution in [-0.2, 0) is 10.0 Å². The minimum Gasteiger partial charge on any atom is -0.409 e. The average molecular weight is 289 g/mol. The zero-order chi connectivity index (χ0) is 14.6.